The molecule has 0 saturated carbocycles. The third-order valence-electron chi connectivity index (χ3n) is 3.09. The number of hydrogen-bond acceptors (Lipinski definition) is 3. The fourth-order valence-corrected chi connectivity index (χ4v) is 3.23. The number of thioether (sulfide) groups is 1. The molecule has 0 bridgehead atoms. The first-order valence-electron chi connectivity index (χ1n) is 5.36. The minimum atomic E-state index is 0.105. The van der Waals surface area contributed by atoms with E-state index < -0.39 is 0 Å². The van der Waals surface area contributed by atoms with Gasteiger partial charge in [0, 0.05) is 19.6 Å². The van der Waals surface area contributed by atoms with Gasteiger partial charge in [-0.3, -0.25) is 4.79 Å². The number of amides is 1. The van der Waals surface area contributed by atoms with Gasteiger partial charge in [-0.05, 0) is 30.8 Å². The second-order valence-corrected chi connectivity index (χ2v) is 5.38. The number of likely N-dealkylation sites (N-methyl/N-ethyl adjacent to an activating group) is 1. The van der Waals surface area contributed by atoms with Crippen molar-refractivity contribution in [1.82, 2.24) is 10.2 Å². The Labute approximate surface area is 89.6 Å². The molecule has 2 heterocycles. The third-order valence-corrected chi connectivity index (χ3v) is 4.13. The number of rotatable bonds is 2. The highest BCUT2D eigenvalue weighted by Gasteiger charge is 2.30. The molecule has 80 valence electrons. The van der Waals surface area contributed by atoms with Crippen LogP contribution >= 0.6 is 11.8 Å². The number of nitrogens with one attached hydrogen (secondary N) is 1. The average molecular weight is 214 g/mol. The second-order valence-electron chi connectivity index (χ2n) is 4.15. The zero-order chi connectivity index (χ0) is 9.97. The molecule has 1 N–H and O–H groups in total. The topological polar surface area (TPSA) is 32.3 Å². The molecule has 0 spiro atoms. The summed E-state index contributed by atoms with van der Waals surface area (Å²) in [6.07, 6.45) is 3.43. The SMILES string of the molecule is CN1CCC(NC2CCSCC2)C1=O. The van der Waals surface area contributed by atoms with Crippen molar-refractivity contribution in [3.63, 3.8) is 0 Å². The van der Waals surface area contributed by atoms with Crippen LogP contribution in [0.3, 0.4) is 0 Å². The molecule has 1 unspecified atom stereocenters. The summed E-state index contributed by atoms with van der Waals surface area (Å²) in [4.78, 5) is 13.5. The number of nitrogens with zero attached hydrogens (tertiary/aromatic N) is 1. The summed E-state index contributed by atoms with van der Waals surface area (Å²) in [5.74, 6) is 2.77. The highest BCUT2D eigenvalue weighted by atomic mass is 32.2. The van der Waals surface area contributed by atoms with Crippen LogP contribution in [0.15, 0.2) is 0 Å². The van der Waals surface area contributed by atoms with E-state index in [2.05, 4.69) is 5.32 Å². The average Bonchev–Trinajstić information content (AvgIpc) is 2.52. The lowest BCUT2D eigenvalue weighted by Crippen LogP contribution is -2.44. The minimum Gasteiger partial charge on any atom is -0.344 e. The summed E-state index contributed by atoms with van der Waals surface area (Å²) in [5.41, 5.74) is 0. The molecule has 0 aromatic rings. The van der Waals surface area contributed by atoms with E-state index in [1.54, 1.807) is 0 Å². The Morgan fingerprint density at radius 1 is 1.36 bits per heavy atom. The molecule has 0 aliphatic carbocycles. The van der Waals surface area contributed by atoms with Crippen molar-refractivity contribution in [3.05, 3.63) is 0 Å². The Hall–Kier alpha value is -0.220. The van der Waals surface area contributed by atoms with E-state index >= 15 is 0 Å². The van der Waals surface area contributed by atoms with Gasteiger partial charge < -0.3 is 10.2 Å². The summed E-state index contributed by atoms with van der Waals surface area (Å²) in [6, 6.07) is 0.685. The Kier molecular flexibility index (Phi) is 3.34. The van der Waals surface area contributed by atoms with Crippen LogP contribution in [-0.2, 0) is 4.79 Å². The molecule has 0 aromatic carbocycles. The summed E-state index contributed by atoms with van der Waals surface area (Å²) < 4.78 is 0. The molecule has 0 radical (unpaired) electrons. The lowest BCUT2D eigenvalue weighted by molar-refractivity contribution is -0.128. The number of hydrogen-bond donors (Lipinski definition) is 1. The zero-order valence-corrected chi connectivity index (χ0v) is 9.48. The maximum atomic E-state index is 11.6. The molecule has 4 heteroatoms. The summed E-state index contributed by atoms with van der Waals surface area (Å²) in [5, 5.41) is 3.49. The van der Waals surface area contributed by atoms with Crippen molar-refractivity contribution in [3.8, 4) is 0 Å². The molecule has 2 saturated heterocycles. The smallest absolute Gasteiger partial charge is 0.239 e. The van der Waals surface area contributed by atoms with Crippen LogP contribution in [0.4, 0.5) is 0 Å². The Balaban J connectivity index is 1.82. The van der Waals surface area contributed by atoms with Crippen molar-refractivity contribution in [2.45, 2.75) is 31.3 Å². The molecule has 0 aromatic heterocycles. The van der Waals surface area contributed by atoms with Crippen LogP contribution in [-0.4, -0.2) is 48.0 Å². The van der Waals surface area contributed by atoms with Crippen molar-refractivity contribution in [2.75, 3.05) is 25.1 Å². The van der Waals surface area contributed by atoms with E-state index in [9.17, 15) is 4.79 Å². The molecule has 1 amide bonds. The first kappa shape index (κ1) is 10.3. The lowest BCUT2D eigenvalue weighted by atomic mass is 10.1. The van der Waals surface area contributed by atoms with Gasteiger partial charge in [0.2, 0.25) is 5.91 Å². The van der Waals surface area contributed by atoms with Gasteiger partial charge in [0.15, 0.2) is 0 Å². The zero-order valence-electron chi connectivity index (χ0n) is 8.66. The van der Waals surface area contributed by atoms with Gasteiger partial charge in [-0.15, -0.1) is 0 Å². The van der Waals surface area contributed by atoms with Gasteiger partial charge in [-0.25, -0.2) is 0 Å². The van der Waals surface area contributed by atoms with Gasteiger partial charge in [-0.1, -0.05) is 0 Å². The van der Waals surface area contributed by atoms with Gasteiger partial charge >= 0.3 is 0 Å². The quantitative estimate of drug-likeness (QED) is 0.734. The van der Waals surface area contributed by atoms with Crippen LogP contribution in [0.25, 0.3) is 0 Å². The van der Waals surface area contributed by atoms with Crippen molar-refractivity contribution in [1.29, 1.82) is 0 Å². The largest absolute Gasteiger partial charge is 0.344 e. The maximum Gasteiger partial charge on any atom is 0.239 e. The molecule has 2 rings (SSSR count). The van der Waals surface area contributed by atoms with Crippen LogP contribution in [0.5, 0.6) is 0 Å². The Morgan fingerprint density at radius 3 is 2.64 bits per heavy atom. The Morgan fingerprint density at radius 2 is 2.07 bits per heavy atom. The van der Waals surface area contributed by atoms with Crippen LogP contribution in [0.1, 0.15) is 19.3 Å². The van der Waals surface area contributed by atoms with E-state index in [1.807, 2.05) is 23.7 Å². The molecular weight excluding hydrogens is 196 g/mol. The molecule has 2 fully saturated rings. The first-order valence-corrected chi connectivity index (χ1v) is 6.51. The van der Waals surface area contributed by atoms with Crippen LogP contribution < -0.4 is 5.32 Å². The molecule has 14 heavy (non-hydrogen) atoms. The second kappa shape index (κ2) is 4.53. The van der Waals surface area contributed by atoms with Gasteiger partial charge in [0.25, 0.3) is 0 Å². The highest BCUT2D eigenvalue weighted by molar-refractivity contribution is 7.99. The molecule has 2 aliphatic rings. The third kappa shape index (κ3) is 2.23. The van der Waals surface area contributed by atoms with Gasteiger partial charge in [-0.2, -0.15) is 11.8 Å². The standard InChI is InChI=1S/C10H18N2OS/c1-12-5-2-9(10(12)13)11-8-3-6-14-7-4-8/h8-9,11H,2-7H2,1H3. The fraction of sp³-hybridized carbons (Fsp3) is 0.900. The van der Waals surface area contributed by atoms with E-state index in [0.717, 1.165) is 13.0 Å². The molecular formula is C10H18N2OS. The predicted octanol–water partition coefficient (Wildman–Crippen LogP) is 0.702. The minimum absolute atomic E-state index is 0.105. The van der Waals surface area contributed by atoms with Crippen molar-refractivity contribution >= 4 is 17.7 Å². The van der Waals surface area contributed by atoms with E-state index in [0.29, 0.717) is 6.04 Å². The number of carbonyl (C=O) groups is 1. The predicted molar refractivity (Wildman–Crippen MR) is 59.5 cm³/mol. The fourth-order valence-electron chi connectivity index (χ4n) is 2.13. The molecule has 3 nitrogen and oxygen atoms in total. The van der Waals surface area contributed by atoms with E-state index in [1.165, 1.54) is 24.3 Å². The van der Waals surface area contributed by atoms with E-state index in [-0.39, 0.29) is 11.9 Å². The highest BCUT2D eigenvalue weighted by Crippen LogP contribution is 2.19. The van der Waals surface area contributed by atoms with E-state index in [4.69, 9.17) is 0 Å². The number of likely N-dealkylation sites (tertiary alicyclic amines) is 1. The summed E-state index contributed by atoms with van der Waals surface area (Å²) >= 11 is 2.02. The molecule has 2 aliphatic heterocycles. The molecule has 1 atom stereocenters. The van der Waals surface area contributed by atoms with Gasteiger partial charge in [0.05, 0.1) is 6.04 Å². The summed E-state index contributed by atoms with van der Waals surface area (Å²) in [6.45, 7) is 0.915. The van der Waals surface area contributed by atoms with Crippen molar-refractivity contribution in [2.24, 2.45) is 0 Å². The first-order chi connectivity index (χ1) is 6.77. The number of carbonyl (C=O) groups excluding carboxylic acids is 1. The van der Waals surface area contributed by atoms with Gasteiger partial charge in [0.1, 0.15) is 0 Å². The maximum absolute atomic E-state index is 11.6. The van der Waals surface area contributed by atoms with Crippen LogP contribution in [0.2, 0.25) is 0 Å². The lowest BCUT2D eigenvalue weighted by Gasteiger charge is -2.25. The Bertz CT molecular complexity index is 216. The van der Waals surface area contributed by atoms with Crippen LogP contribution in [0, 0.1) is 0 Å². The monoisotopic (exact) mass is 214 g/mol. The summed E-state index contributed by atoms with van der Waals surface area (Å²) in [7, 11) is 1.89. The van der Waals surface area contributed by atoms with Crippen molar-refractivity contribution < 1.29 is 4.79 Å². The normalized spacial score (nSPS) is 29.9.